The fourth-order valence-electron chi connectivity index (χ4n) is 3.00. The summed E-state index contributed by atoms with van der Waals surface area (Å²) in [6, 6.07) is 11.7. The van der Waals surface area contributed by atoms with Crippen molar-refractivity contribution in [1.29, 1.82) is 5.26 Å². The quantitative estimate of drug-likeness (QED) is 0.901. The summed E-state index contributed by atoms with van der Waals surface area (Å²) >= 11 is 0. The van der Waals surface area contributed by atoms with Gasteiger partial charge >= 0.3 is 0 Å². The molecule has 0 unspecified atom stereocenters. The van der Waals surface area contributed by atoms with Crippen molar-refractivity contribution >= 4 is 11.5 Å². The number of benzene rings is 1. The summed E-state index contributed by atoms with van der Waals surface area (Å²) in [7, 11) is 0. The first kappa shape index (κ1) is 13.1. The van der Waals surface area contributed by atoms with E-state index in [0.717, 1.165) is 11.1 Å². The van der Waals surface area contributed by atoms with Gasteiger partial charge in [0.25, 0.3) is 0 Å². The van der Waals surface area contributed by atoms with E-state index in [1.807, 2.05) is 66.8 Å². The van der Waals surface area contributed by atoms with E-state index in [-0.39, 0.29) is 5.92 Å². The van der Waals surface area contributed by atoms with Crippen LogP contribution in [0.25, 0.3) is 5.57 Å². The molecule has 0 bridgehead atoms. The lowest BCUT2D eigenvalue weighted by molar-refractivity contribution is -0.123. The normalized spacial score (nSPS) is 26.3. The highest BCUT2D eigenvalue weighted by Gasteiger charge is 2.52. The van der Waals surface area contributed by atoms with Gasteiger partial charge in [-0.05, 0) is 16.7 Å². The number of primary amides is 1. The van der Waals surface area contributed by atoms with Gasteiger partial charge in [-0.25, -0.2) is 0 Å². The SMILES string of the molecule is N#C[C@@]1(C(N)=O)C(c2ccccc2)=CC2=CC=CC=C[C@H]21. The Balaban J connectivity index is 2.26. The third kappa shape index (κ3) is 1.85. The minimum Gasteiger partial charge on any atom is -0.368 e. The number of hydrogen-bond acceptors (Lipinski definition) is 2. The fraction of sp³-hybridized carbons (Fsp3) is 0.111. The summed E-state index contributed by atoms with van der Waals surface area (Å²) in [5, 5.41) is 9.78. The molecule has 2 aliphatic rings. The summed E-state index contributed by atoms with van der Waals surface area (Å²) in [5.41, 5.74) is 6.75. The highest BCUT2D eigenvalue weighted by molar-refractivity contribution is 6.02. The minimum absolute atomic E-state index is 0.342. The van der Waals surface area contributed by atoms with Gasteiger partial charge in [0.1, 0.15) is 0 Å². The summed E-state index contributed by atoms with van der Waals surface area (Å²) in [6.45, 7) is 0. The molecule has 0 saturated carbocycles. The maximum atomic E-state index is 12.2. The van der Waals surface area contributed by atoms with Crippen LogP contribution in [0, 0.1) is 22.7 Å². The second-order valence-corrected chi connectivity index (χ2v) is 5.12. The summed E-state index contributed by atoms with van der Waals surface area (Å²) < 4.78 is 0. The zero-order chi connectivity index (χ0) is 14.9. The maximum Gasteiger partial charge on any atom is 0.243 e. The van der Waals surface area contributed by atoms with Crippen LogP contribution < -0.4 is 5.73 Å². The zero-order valence-corrected chi connectivity index (χ0v) is 11.4. The monoisotopic (exact) mass is 274 g/mol. The van der Waals surface area contributed by atoms with E-state index in [4.69, 9.17) is 5.73 Å². The first-order chi connectivity index (χ1) is 10.2. The molecule has 0 aliphatic heterocycles. The van der Waals surface area contributed by atoms with E-state index < -0.39 is 11.3 Å². The van der Waals surface area contributed by atoms with Crippen molar-refractivity contribution in [3.05, 3.63) is 77.9 Å². The lowest BCUT2D eigenvalue weighted by Gasteiger charge is -2.27. The molecule has 0 saturated heterocycles. The van der Waals surface area contributed by atoms with Crippen LogP contribution in [0.5, 0.6) is 0 Å². The van der Waals surface area contributed by atoms with Crippen molar-refractivity contribution in [3.8, 4) is 6.07 Å². The number of carbonyl (C=O) groups is 1. The second-order valence-electron chi connectivity index (χ2n) is 5.12. The third-order valence-corrected chi connectivity index (χ3v) is 4.03. The molecule has 1 amide bonds. The molecule has 0 heterocycles. The summed E-state index contributed by atoms with van der Waals surface area (Å²) in [5.74, 6) is -0.953. The number of allylic oxidation sites excluding steroid dienone is 7. The molecule has 102 valence electrons. The van der Waals surface area contributed by atoms with E-state index in [1.54, 1.807) is 0 Å². The number of nitriles is 1. The molecule has 0 fully saturated rings. The Hall–Kier alpha value is -2.86. The van der Waals surface area contributed by atoms with Crippen molar-refractivity contribution < 1.29 is 4.79 Å². The van der Waals surface area contributed by atoms with Gasteiger partial charge in [-0.15, -0.1) is 0 Å². The molecule has 21 heavy (non-hydrogen) atoms. The van der Waals surface area contributed by atoms with Gasteiger partial charge in [0.05, 0.1) is 6.07 Å². The molecule has 0 radical (unpaired) electrons. The van der Waals surface area contributed by atoms with Crippen LogP contribution >= 0.6 is 0 Å². The van der Waals surface area contributed by atoms with Gasteiger partial charge in [-0.3, -0.25) is 4.79 Å². The molecule has 1 aromatic rings. The first-order valence-corrected chi connectivity index (χ1v) is 6.74. The average Bonchev–Trinajstić information content (AvgIpc) is 2.65. The standard InChI is InChI=1S/C18H14N2O/c19-12-18(17(20)21)15-10-6-2-5-9-14(15)11-16(18)13-7-3-1-4-8-13/h1-11,15H,(H2,20,21)/t15-,18+/m1/s1. The molecule has 3 rings (SSSR count). The van der Waals surface area contributed by atoms with Crippen LogP contribution in [0.3, 0.4) is 0 Å². The van der Waals surface area contributed by atoms with Crippen LogP contribution in [-0.2, 0) is 4.79 Å². The van der Waals surface area contributed by atoms with Crippen LogP contribution in [0.4, 0.5) is 0 Å². The molecule has 3 nitrogen and oxygen atoms in total. The Bertz CT molecular complexity index is 747. The molecule has 2 atom stereocenters. The van der Waals surface area contributed by atoms with Gasteiger partial charge in [-0.1, -0.05) is 66.8 Å². The van der Waals surface area contributed by atoms with Gasteiger partial charge in [0, 0.05) is 5.92 Å². The topological polar surface area (TPSA) is 66.9 Å². The molecular weight excluding hydrogens is 260 g/mol. The molecule has 2 aliphatic carbocycles. The molecule has 2 N–H and O–H groups in total. The number of rotatable bonds is 2. The van der Waals surface area contributed by atoms with Crippen LogP contribution in [0.2, 0.25) is 0 Å². The molecule has 1 aromatic carbocycles. The number of carbonyl (C=O) groups excluding carboxylic acids is 1. The highest BCUT2D eigenvalue weighted by Crippen LogP contribution is 2.51. The van der Waals surface area contributed by atoms with E-state index in [2.05, 4.69) is 6.07 Å². The van der Waals surface area contributed by atoms with Crippen molar-refractivity contribution in [3.63, 3.8) is 0 Å². The number of fused-ring (bicyclic) bond motifs is 1. The minimum atomic E-state index is -1.35. The highest BCUT2D eigenvalue weighted by atomic mass is 16.1. The molecular formula is C18H14N2O. The maximum absolute atomic E-state index is 12.2. The lowest BCUT2D eigenvalue weighted by Crippen LogP contribution is -2.40. The van der Waals surface area contributed by atoms with Crippen LogP contribution in [-0.4, -0.2) is 5.91 Å². The smallest absolute Gasteiger partial charge is 0.243 e. The van der Waals surface area contributed by atoms with E-state index in [0.29, 0.717) is 5.57 Å². The molecule has 3 heteroatoms. The van der Waals surface area contributed by atoms with Crippen molar-refractivity contribution in [1.82, 2.24) is 0 Å². The largest absolute Gasteiger partial charge is 0.368 e. The Labute approximate surface area is 123 Å². The van der Waals surface area contributed by atoms with Gasteiger partial charge < -0.3 is 5.73 Å². The summed E-state index contributed by atoms with van der Waals surface area (Å²) in [6.07, 6.45) is 11.3. The number of nitrogens with two attached hydrogens (primary N) is 1. The van der Waals surface area contributed by atoms with Crippen molar-refractivity contribution in [2.45, 2.75) is 0 Å². The van der Waals surface area contributed by atoms with Crippen LogP contribution in [0.1, 0.15) is 5.56 Å². The average molecular weight is 274 g/mol. The number of nitrogens with zero attached hydrogens (tertiary/aromatic N) is 1. The Kier molecular flexibility index (Phi) is 3.08. The predicted molar refractivity (Wildman–Crippen MR) is 81.5 cm³/mol. The van der Waals surface area contributed by atoms with Gasteiger partial charge in [0.2, 0.25) is 5.91 Å². The number of amides is 1. The fourth-order valence-corrected chi connectivity index (χ4v) is 3.00. The van der Waals surface area contributed by atoms with Gasteiger partial charge in [-0.2, -0.15) is 5.26 Å². The Morgan fingerprint density at radius 3 is 2.62 bits per heavy atom. The second kappa shape index (κ2) is 4.92. The van der Waals surface area contributed by atoms with Crippen LogP contribution in [0.15, 0.2) is 72.4 Å². The zero-order valence-electron chi connectivity index (χ0n) is 11.4. The van der Waals surface area contributed by atoms with E-state index in [9.17, 15) is 10.1 Å². The van der Waals surface area contributed by atoms with Crippen molar-refractivity contribution in [2.75, 3.05) is 0 Å². The van der Waals surface area contributed by atoms with E-state index >= 15 is 0 Å². The van der Waals surface area contributed by atoms with Crippen molar-refractivity contribution in [2.24, 2.45) is 17.1 Å². The Morgan fingerprint density at radius 2 is 1.95 bits per heavy atom. The van der Waals surface area contributed by atoms with Gasteiger partial charge in [0.15, 0.2) is 5.41 Å². The molecule has 0 aromatic heterocycles. The van der Waals surface area contributed by atoms with E-state index in [1.165, 1.54) is 0 Å². The lowest BCUT2D eigenvalue weighted by atomic mass is 9.71. The third-order valence-electron chi connectivity index (χ3n) is 4.03. The number of hydrogen-bond donors (Lipinski definition) is 1. The summed E-state index contributed by atoms with van der Waals surface area (Å²) in [4.78, 5) is 12.2. The first-order valence-electron chi connectivity index (χ1n) is 6.74. The molecule has 0 spiro atoms. The predicted octanol–water partition coefficient (Wildman–Crippen LogP) is 2.75. The Morgan fingerprint density at radius 1 is 1.19 bits per heavy atom.